The monoisotopic (exact) mass is 297 g/mol. The summed E-state index contributed by atoms with van der Waals surface area (Å²) in [5.74, 6) is 1.57. The quantitative estimate of drug-likeness (QED) is 0.861. The Morgan fingerprint density at radius 3 is 2.55 bits per heavy atom. The van der Waals surface area contributed by atoms with E-state index < -0.39 is 6.10 Å². The van der Waals surface area contributed by atoms with Crippen molar-refractivity contribution < 1.29 is 9.53 Å². The summed E-state index contributed by atoms with van der Waals surface area (Å²) in [4.78, 5) is 14.4. The van der Waals surface area contributed by atoms with Crippen LogP contribution in [0.15, 0.2) is 42.5 Å². The van der Waals surface area contributed by atoms with Gasteiger partial charge < -0.3 is 9.64 Å². The van der Waals surface area contributed by atoms with Crippen molar-refractivity contribution in [2.75, 3.05) is 13.1 Å². The number of carbonyl (C=O) groups excluding carboxylic acids is 1. The molecule has 0 bridgehead atoms. The Morgan fingerprint density at radius 2 is 1.82 bits per heavy atom. The average molecular weight is 297 g/mol. The van der Waals surface area contributed by atoms with E-state index >= 15 is 0 Å². The summed E-state index contributed by atoms with van der Waals surface area (Å²) in [7, 11) is 0. The molecule has 3 rings (SSSR count). The molecule has 1 heterocycles. The predicted molar refractivity (Wildman–Crippen MR) is 89.0 cm³/mol. The highest BCUT2D eigenvalue weighted by Gasteiger charge is 2.25. The first-order valence-electron chi connectivity index (χ1n) is 8.08. The van der Waals surface area contributed by atoms with Gasteiger partial charge in [0, 0.05) is 13.1 Å². The second-order valence-corrected chi connectivity index (χ2v) is 6.28. The fourth-order valence-corrected chi connectivity index (χ4v) is 2.98. The van der Waals surface area contributed by atoms with Crippen LogP contribution < -0.4 is 4.74 Å². The zero-order valence-corrected chi connectivity index (χ0v) is 13.3. The number of amides is 1. The molecule has 0 spiro atoms. The molecular formula is C19H23NO2. The second kappa shape index (κ2) is 6.39. The maximum absolute atomic E-state index is 12.5. The minimum atomic E-state index is -0.436. The number of likely N-dealkylation sites (tertiary alicyclic amines) is 1. The molecule has 116 valence electrons. The van der Waals surface area contributed by atoms with Crippen molar-refractivity contribution in [3.8, 4) is 5.75 Å². The van der Waals surface area contributed by atoms with E-state index in [4.69, 9.17) is 4.74 Å². The highest BCUT2D eigenvalue weighted by Crippen LogP contribution is 2.22. The Hall–Kier alpha value is -2.03. The van der Waals surface area contributed by atoms with Gasteiger partial charge in [-0.15, -0.1) is 0 Å². The van der Waals surface area contributed by atoms with Crippen LogP contribution in [0.2, 0.25) is 0 Å². The van der Waals surface area contributed by atoms with E-state index in [0.717, 1.165) is 43.0 Å². The van der Waals surface area contributed by atoms with Gasteiger partial charge in [-0.3, -0.25) is 4.79 Å². The van der Waals surface area contributed by atoms with Crippen LogP contribution in [0.5, 0.6) is 5.75 Å². The molecule has 2 aromatic carbocycles. The van der Waals surface area contributed by atoms with Crippen LogP contribution in [0.3, 0.4) is 0 Å². The van der Waals surface area contributed by atoms with Crippen LogP contribution in [-0.4, -0.2) is 30.0 Å². The molecule has 1 aliphatic rings. The van der Waals surface area contributed by atoms with Crippen LogP contribution in [-0.2, 0) is 4.79 Å². The summed E-state index contributed by atoms with van der Waals surface area (Å²) in [6.07, 6.45) is 1.75. The van der Waals surface area contributed by atoms with E-state index in [1.54, 1.807) is 0 Å². The Kier molecular flexibility index (Phi) is 4.32. The fraction of sp³-hybridized carbons (Fsp3) is 0.421. The van der Waals surface area contributed by atoms with Crippen molar-refractivity contribution in [3.05, 3.63) is 42.5 Å². The molecule has 1 atom stereocenters. The normalized spacial score (nSPS) is 17.5. The molecule has 1 amide bonds. The van der Waals surface area contributed by atoms with Gasteiger partial charge in [0.1, 0.15) is 5.75 Å². The molecule has 1 saturated heterocycles. The van der Waals surface area contributed by atoms with Crippen molar-refractivity contribution in [1.82, 2.24) is 4.90 Å². The molecule has 1 aliphatic heterocycles. The highest BCUT2D eigenvalue weighted by atomic mass is 16.5. The SMILES string of the molecule is CC1CCN(C(=O)C(C)Oc2ccc3ccccc3c2)CC1. The van der Waals surface area contributed by atoms with Crippen molar-refractivity contribution in [2.45, 2.75) is 32.8 Å². The summed E-state index contributed by atoms with van der Waals surface area (Å²) < 4.78 is 5.87. The number of hydrogen-bond acceptors (Lipinski definition) is 2. The van der Waals surface area contributed by atoms with Crippen LogP contribution in [0, 0.1) is 5.92 Å². The standard InChI is InChI=1S/C19H23NO2/c1-14-9-11-20(12-10-14)19(21)15(2)22-18-8-7-16-5-3-4-6-17(16)13-18/h3-8,13-15H,9-12H2,1-2H3. The molecule has 22 heavy (non-hydrogen) atoms. The summed E-state index contributed by atoms with van der Waals surface area (Å²) in [6.45, 7) is 5.79. The lowest BCUT2D eigenvalue weighted by atomic mass is 9.99. The second-order valence-electron chi connectivity index (χ2n) is 6.28. The lowest BCUT2D eigenvalue weighted by Crippen LogP contribution is -2.44. The summed E-state index contributed by atoms with van der Waals surface area (Å²) in [5, 5.41) is 2.31. The lowest BCUT2D eigenvalue weighted by molar-refractivity contribution is -0.139. The molecule has 3 nitrogen and oxygen atoms in total. The maximum Gasteiger partial charge on any atom is 0.263 e. The number of carbonyl (C=O) groups is 1. The molecule has 3 heteroatoms. The Balaban J connectivity index is 1.67. The van der Waals surface area contributed by atoms with Gasteiger partial charge in [0.15, 0.2) is 6.10 Å². The molecule has 1 unspecified atom stereocenters. The number of ether oxygens (including phenoxy) is 1. The predicted octanol–water partition coefficient (Wildman–Crippen LogP) is 3.87. The first kappa shape index (κ1) is 14.9. The van der Waals surface area contributed by atoms with Gasteiger partial charge >= 0.3 is 0 Å². The summed E-state index contributed by atoms with van der Waals surface area (Å²) >= 11 is 0. The average Bonchev–Trinajstić information content (AvgIpc) is 2.55. The van der Waals surface area contributed by atoms with Crippen molar-refractivity contribution in [2.24, 2.45) is 5.92 Å². The third-order valence-electron chi connectivity index (χ3n) is 4.48. The molecule has 1 fully saturated rings. The van der Waals surface area contributed by atoms with Gasteiger partial charge in [0.25, 0.3) is 5.91 Å². The molecule has 0 aliphatic carbocycles. The number of rotatable bonds is 3. The van der Waals surface area contributed by atoms with E-state index in [-0.39, 0.29) is 5.91 Å². The molecule has 0 N–H and O–H groups in total. The van der Waals surface area contributed by atoms with Crippen molar-refractivity contribution in [3.63, 3.8) is 0 Å². The minimum Gasteiger partial charge on any atom is -0.481 e. The third-order valence-corrected chi connectivity index (χ3v) is 4.48. The highest BCUT2D eigenvalue weighted by molar-refractivity contribution is 5.84. The minimum absolute atomic E-state index is 0.0973. The zero-order valence-electron chi connectivity index (χ0n) is 13.3. The van der Waals surface area contributed by atoms with E-state index in [1.165, 1.54) is 5.39 Å². The van der Waals surface area contributed by atoms with Crippen LogP contribution in [0.1, 0.15) is 26.7 Å². The summed E-state index contributed by atoms with van der Waals surface area (Å²) in [6, 6.07) is 14.1. The Morgan fingerprint density at radius 1 is 1.14 bits per heavy atom. The van der Waals surface area contributed by atoms with Crippen LogP contribution in [0.25, 0.3) is 10.8 Å². The number of hydrogen-bond donors (Lipinski definition) is 0. The Labute approximate surface area is 131 Å². The largest absolute Gasteiger partial charge is 0.481 e. The first-order chi connectivity index (χ1) is 10.6. The van der Waals surface area contributed by atoms with Gasteiger partial charge in [-0.2, -0.15) is 0 Å². The summed E-state index contributed by atoms with van der Waals surface area (Å²) in [5.41, 5.74) is 0. The maximum atomic E-state index is 12.5. The Bertz CT molecular complexity index is 659. The van der Waals surface area contributed by atoms with Gasteiger partial charge in [0.05, 0.1) is 0 Å². The van der Waals surface area contributed by atoms with Crippen LogP contribution >= 0.6 is 0 Å². The number of benzene rings is 2. The van der Waals surface area contributed by atoms with E-state index in [9.17, 15) is 4.79 Å². The smallest absolute Gasteiger partial charge is 0.263 e. The first-order valence-corrected chi connectivity index (χ1v) is 8.08. The fourth-order valence-electron chi connectivity index (χ4n) is 2.98. The van der Waals surface area contributed by atoms with Gasteiger partial charge in [-0.25, -0.2) is 0 Å². The number of fused-ring (bicyclic) bond motifs is 1. The molecular weight excluding hydrogens is 274 g/mol. The zero-order chi connectivity index (χ0) is 15.5. The molecule has 0 aromatic heterocycles. The van der Waals surface area contributed by atoms with E-state index in [1.807, 2.05) is 42.2 Å². The number of nitrogens with zero attached hydrogens (tertiary/aromatic N) is 1. The molecule has 0 radical (unpaired) electrons. The van der Waals surface area contributed by atoms with Crippen molar-refractivity contribution >= 4 is 16.7 Å². The van der Waals surface area contributed by atoms with E-state index in [0.29, 0.717) is 0 Å². The van der Waals surface area contributed by atoms with Crippen molar-refractivity contribution in [1.29, 1.82) is 0 Å². The van der Waals surface area contributed by atoms with Gasteiger partial charge in [-0.1, -0.05) is 37.3 Å². The molecule has 0 saturated carbocycles. The van der Waals surface area contributed by atoms with E-state index in [2.05, 4.69) is 19.1 Å². The van der Waals surface area contributed by atoms with Gasteiger partial charge in [0.2, 0.25) is 0 Å². The third kappa shape index (κ3) is 3.24. The van der Waals surface area contributed by atoms with Crippen LogP contribution in [0.4, 0.5) is 0 Å². The van der Waals surface area contributed by atoms with Gasteiger partial charge in [-0.05, 0) is 48.6 Å². The molecule has 2 aromatic rings. The topological polar surface area (TPSA) is 29.5 Å². The lowest BCUT2D eigenvalue weighted by Gasteiger charge is -2.32. The number of piperidine rings is 1.